The molecule has 15 heavy (non-hydrogen) atoms. The van der Waals surface area contributed by atoms with Crippen LogP contribution in [0.3, 0.4) is 0 Å². The van der Waals surface area contributed by atoms with Gasteiger partial charge in [0.25, 0.3) is 0 Å². The average molecular weight is 210 g/mol. The first-order valence-electron chi connectivity index (χ1n) is 4.60. The lowest BCUT2D eigenvalue weighted by Gasteiger charge is -2.19. The molecule has 0 amide bonds. The van der Waals surface area contributed by atoms with Crippen LogP contribution in [0.15, 0.2) is 6.07 Å². The summed E-state index contributed by atoms with van der Waals surface area (Å²) in [6.07, 6.45) is 1.11. The molecule has 2 heterocycles. The summed E-state index contributed by atoms with van der Waals surface area (Å²) in [6.45, 7) is 0.262. The maximum absolute atomic E-state index is 10.7. The molecule has 2 rings (SSSR count). The lowest BCUT2D eigenvalue weighted by Crippen LogP contribution is -2.26. The number of rotatable bonds is 2. The van der Waals surface area contributed by atoms with Crippen molar-refractivity contribution in [3.05, 3.63) is 17.5 Å². The zero-order chi connectivity index (χ0) is 11.0. The molecule has 1 unspecified atom stereocenters. The van der Waals surface area contributed by atoms with E-state index in [1.54, 1.807) is 0 Å². The van der Waals surface area contributed by atoms with E-state index in [9.17, 15) is 9.59 Å². The highest BCUT2D eigenvalue weighted by atomic mass is 16.4. The second-order valence-corrected chi connectivity index (χ2v) is 3.58. The highest BCUT2D eigenvalue weighted by Gasteiger charge is 2.26. The highest BCUT2D eigenvalue weighted by molar-refractivity contribution is 5.85. The molecule has 0 aliphatic carbocycles. The lowest BCUT2D eigenvalue weighted by molar-refractivity contribution is -0.142. The summed E-state index contributed by atoms with van der Waals surface area (Å²) in [7, 11) is 0. The first-order chi connectivity index (χ1) is 7.08. The molecule has 1 aliphatic rings. The number of fused-ring (bicyclic) bond motifs is 1. The van der Waals surface area contributed by atoms with Gasteiger partial charge in [0, 0.05) is 5.69 Å². The standard InChI is InChI=1S/C9H10N2O4/c12-8(13)5-1-2-6-3-7(9(14)15)10-11(6)4-5/h3,5H,1-2,4H2,(H,12,13)(H,14,15). The van der Waals surface area contributed by atoms with Crippen LogP contribution in [0.5, 0.6) is 0 Å². The van der Waals surface area contributed by atoms with Gasteiger partial charge in [-0.05, 0) is 18.9 Å². The van der Waals surface area contributed by atoms with E-state index in [-0.39, 0.29) is 12.2 Å². The van der Waals surface area contributed by atoms with E-state index >= 15 is 0 Å². The number of aromatic carboxylic acids is 1. The number of aromatic nitrogens is 2. The van der Waals surface area contributed by atoms with E-state index in [1.807, 2.05) is 0 Å². The summed E-state index contributed by atoms with van der Waals surface area (Å²) >= 11 is 0. The smallest absolute Gasteiger partial charge is 0.356 e. The van der Waals surface area contributed by atoms with Gasteiger partial charge in [0.05, 0.1) is 12.5 Å². The van der Waals surface area contributed by atoms with E-state index in [4.69, 9.17) is 10.2 Å². The van der Waals surface area contributed by atoms with Crippen molar-refractivity contribution in [2.24, 2.45) is 5.92 Å². The van der Waals surface area contributed by atoms with Crippen LogP contribution < -0.4 is 0 Å². The van der Waals surface area contributed by atoms with Crippen LogP contribution in [0.1, 0.15) is 22.6 Å². The van der Waals surface area contributed by atoms with Gasteiger partial charge in [-0.1, -0.05) is 0 Å². The fourth-order valence-electron chi connectivity index (χ4n) is 1.74. The SMILES string of the molecule is O=C(O)c1cc2n(n1)CC(C(=O)O)CC2. The third-order valence-corrected chi connectivity index (χ3v) is 2.57. The normalized spacial score (nSPS) is 19.6. The van der Waals surface area contributed by atoms with Crippen LogP contribution in [-0.4, -0.2) is 31.9 Å². The minimum absolute atomic E-state index is 0.0176. The van der Waals surface area contributed by atoms with Gasteiger partial charge in [0.15, 0.2) is 5.69 Å². The Morgan fingerprint density at radius 1 is 1.47 bits per heavy atom. The Balaban J connectivity index is 2.26. The molecule has 1 aromatic rings. The van der Waals surface area contributed by atoms with Crippen molar-refractivity contribution in [3.63, 3.8) is 0 Å². The van der Waals surface area contributed by atoms with Crippen molar-refractivity contribution in [3.8, 4) is 0 Å². The number of carbonyl (C=O) groups is 2. The quantitative estimate of drug-likeness (QED) is 0.728. The molecule has 0 aromatic carbocycles. The molecule has 1 aromatic heterocycles. The number of hydrogen-bond acceptors (Lipinski definition) is 3. The third-order valence-electron chi connectivity index (χ3n) is 2.57. The Kier molecular flexibility index (Phi) is 2.18. The Hall–Kier alpha value is -1.85. The van der Waals surface area contributed by atoms with Crippen LogP contribution >= 0.6 is 0 Å². The maximum Gasteiger partial charge on any atom is 0.356 e. The number of carboxylic acid groups (broad SMARTS) is 2. The van der Waals surface area contributed by atoms with Crippen molar-refractivity contribution >= 4 is 11.9 Å². The first-order valence-corrected chi connectivity index (χ1v) is 4.60. The van der Waals surface area contributed by atoms with Crippen molar-refractivity contribution < 1.29 is 19.8 Å². The number of hydrogen-bond donors (Lipinski definition) is 2. The lowest BCUT2D eigenvalue weighted by atomic mass is 9.98. The second kappa shape index (κ2) is 3.38. The van der Waals surface area contributed by atoms with Gasteiger partial charge in [-0.3, -0.25) is 9.48 Å². The fraction of sp³-hybridized carbons (Fsp3) is 0.444. The molecule has 80 valence electrons. The number of nitrogens with zero attached hydrogens (tertiary/aromatic N) is 2. The zero-order valence-corrected chi connectivity index (χ0v) is 7.88. The molecule has 6 heteroatoms. The van der Waals surface area contributed by atoms with E-state index in [0.29, 0.717) is 12.8 Å². The predicted octanol–water partition coefficient (Wildman–Crippen LogP) is 0.228. The molecular formula is C9H10N2O4. The Labute approximate surface area is 85.1 Å². The van der Waals surface area contributed by atoms with Crippen LogP contribution in [0, 0.1) is 5.92 Å². The summed E-state index contributed by atoms with van der Waals surface area (Å²) in [4.78, 5) is 21.4. The van der Waals surface area contributed by atoms with Crippen molar-refractivity contribution in [2.75, 3.05) is 0 Å². The molecular weight excluding hydrogens is 200 g/mol. The monoisotopic (exact) mass is 210 g/mol. The molecule has 2 N–H and O–H groups in total. The van der Waals surface area contributed by atoms with E-state index in [2.05, 4.69) is 5.10 Å². The Morgan fingerprint density at radius 3 is 2.80 bits per heavy atom. The first kappa shape index (κ1) is 9.70. The largest absolute Gasteiger partial charge is 0.481 e. The molecule has 1 atom stereocenters. The summed E-state index contributed by atoms with van der Waals surface area (Å²) in [5.41, 5.74) is 0.779. The average Bonchev–Trinajstić information content (AvgIpc) is 2.59. The van der Waals surface area contributed by atoms with E-state index < -0.39 is 17.9 Å². The minimum atomic E-state index is -1.08. The topological polar surface area (TPSA) is 92.4 Å². The van der Waals surface area contributed by atoms with Gasteiger partial charge in [-0.25, -0.2) is 4.79 Å². The molecule has 0 radical (unpaired) electrons. The van der Waals surface area contributed by atoms with Gasteiger partial charge in [-0.15, -0.1) is 0 Å². The molecule has 0 bridgehead atoms. The third kappa shape index (κ3) is 1.70. The predicted molar refractivity (Wildman–Crippen MR) is 48.6 cm³/mol. The minimum Gasteiger partial charge on any atom is -0.481 e. The molecule has 0 saturated heterocycles. The summed E-state index contributed by atoms with van der Waals surface area (Å²) in [6, 6.07) is 1.50. The Bertz CT molecular complexity index is 424. The molecule has 0 fully saturated rings. The molecule has 6 nitrogen and oxygen atoms in total. The molecule has 1 aliphatic heterocycles. The number of carboxylic acids is 2. The van der Waals surface area contributed by atoms with Crippen molar-refractivity contribution in [1.29, 1.82) is 0 Å². The number of aryl methyl sites for hydroxylation is 1. The van der Waals surface area contributed by atoms with Crippen LogP contribution in [-0.2, 0) is 17.8 Å². The van der Waals surface area contributed by atoms with E-state index in [1.165, 1.54) is 10.7 Å². The molecule has 0 saturated carbocycles. The van der Waals surface area contributed by atoms with Gasteiger partial charge < -0.3 is 10.2 Å². The summed E-state index contributed by atoms with van der Waals surface area (Å²) < 4.78 is 1.48. The fourth-order valence-corrected chi connectivity index (χ4v) is 1.74. The van der Waals surface area contributed by atoms with Gasteiger partial charge in [0.1, 0.15) is 0 Å². The second-order valence-electron chi connectivity index (χ2n) is 3.58. The van der Waals surface area contributed by atoms with Gasteiger partial charge in [0.2, 0.25) is 0 Å². The summed E-state index contributed by atoms with van der Waals surface area (Å²) in [5.74, 6) is -2.39. The zero-order valence-electron chi connectivity index (χ0n) is 7.88. The maximum atomic E-state index is 10.7. The van der Waals surface area contributed by atoms with Crippen LogP contribution in [0.4, 0.5) is 0 Å². The summed E-state index contributed by atoms with van der Waals surface area (Å²) in [5, 5.41) is 21.4. The van der Waals surface area contributed by atoms with Crippen molar-refractivity contribution in [2.45, 2.75) is 19.4 Å². The highest BCUT2D eigenvalue weighted by Crippen LogP contribution is 2.20. The van der Waals surface area contributed by atoms with Gasteiger partial charge >= 0.3 is 11.9 Å². The van der Waals surface area contributed by atoms with Gasteiger partial charge in [-0.2, -0.15) is 5.10 Å². The van der Waals surface area contributed by atoms with Crippen LogP contribution in [0.2, 0.25) is 0 Å². The van der Waals surface area contributed by atoms with E-state index in [0.717, 1.165) is 5.69 Å². The van der Waals surface area contributed by atoms with Crippen LogP contribution in [0.25, 0.3) is 0 Å². The Morgan fingerprint density at radius 2 is 2.20 bits per heavy atom. The molecule has 0 spiro atoms. The number of aliphatic carboxylic acids is 1. The van der Waals surface area contributed by atoms with Crippen molar-refractivity contribution in [1.82, 2.24) is 9.78 Å².